The van der Waals surface area contributed by atoms with Gasteiger partial charge in [0.25, 0.3) is 0 Å². The number of esters is 1. The molecule has 0 heterocycles. The Kier molecular flexibility index (Phi) is 8.60. The maximum Gasteiger partial charge on any atom is 0.461 e. The van der Waals surface area contributed by atoms with E-state index in [1.165, 1.54) is 24.3 Å². The van der Waals surface area contributed by atoms with Crippen molar-refractivity contribution in [3.63, 3.8) is 0 Å². The Morgan fingerprint density at radius 2 is 1.50 bits per heavy atom. The average Bonchev–Trinajstić information content (AvgIpc) is 2.77. The van der Waals surface area contributed by atoms with Gasteiger partial charge in [0.15, 0.2) is 11.9 Å². The van der Waals surface area contributed by atoms with Gasteiger partial charge < -0.3 is 9.47 Å². The van der Waals surface area contributed by atoms with Crippen molar-refractivity contribution in [2.75, 3.05) is 6.61 Å². The smallest absolute Gasteiger partial charge is 0.461 e. The summed E-state index contributed by atoms with van der Waals surface area (Å²) < 4.78 is 106. The van der Waals surface area contributed by atoms with Crippen LogP contribution >= 0.6 is 0 Å². The molecule has 0 radical (unpaired) electrons. The fraction of sp³-hybridized carbons (Fsp3) is 0.261. The maximum absolute atomic E-state index is 14.6. The van der Waals surface area contributed by atoms with Crippen LogP contribution in [0.1, 0.15) is 19.4 Å². The molecule has 0 N–H and O–H groups in total. The number of alkyl halides is 5. The van der Waals surface area contributed by atoms with Crippen molar-refractivity contribution in [3.05, 3.63) is 83.0 Å². The van der Waals surface area contributed by atoms with E-state index in [9.17, 15) is 35.2 Å². The van der Waals surface area contributed by atoms with Gasteiger partial charge >= 0.3 is 18.1 Å². The van der Waals surface area contributed by atoms with Crippen molar-refractivity contribution in [2.45, 2.75) is 36.9 Å². The Balaban J connectivity index is 2.92. The third-order valence-corrected chi connectivity index (χ3v) is 6.20. The fourth-order valence-electron chi connectivity index (χ4n) is 2.84. The number of rotatable bonds is 9. The van der Waals surface area contributed by atoms with E-state index in [0.717, 1.165) is 32.1 Å². The molecule has 1 atom stereocenters. The van der Waals surface area contributed by atoms with E-state index in [2.05, 4.69) is 4.74 Å². The largest absolute Gasteiger partial charge is 0.491 e. The highest BCUT2D eigenvalue weighted by atomic mass is 32.2. The molecule has 0 amide bonds. The maximum atomic E-state index is 14.6. The monoisotopic (exact) mass is 504 g/mol. The zero-order valence-electron chi connectivity index (χ0n) is 18.1. The lowest BCUT2D eigenvalue weighted by Crippen LogP contribution is -2.42. The first-order valence-electron chi connectivity index (χ1n) is 9.85. The molecule has 34 heavy (non-hydrogen) atoms. The van der Waals surface area contributed by atoms with Gasteiger partial charge in [-0.15, -0.1) is 0 Å². The second kappa shape index (κ2) is 10.8. The molecule has 0 bridgehead atoms. The summed E-state index contributed by atoms with van der Waals surface area (Å²) in [6.07, 6.45) is -6.22. The molecule has 0 aliphatic carbocycles. The highest BCUT2D eigenvalue weighted by Crippen LogP contribution is 2.45. The van der Waals surface area contributed by atoms with Crippen molar-refractivity contribution in [2.24, 2.45) is 0 Å². The summed E-state index contributed by atoms with van der Waals surface area (Å²) >= 11 is 0. The molecule has 2 aromatic rings. The SMILES string of the molecule is CCO/C(=C(/C(/C=C/c1ccccc1)OC(C)=O)S(=O)(=O)c1ccccc1)C(F)(F)C(F)(F)F. The number of hydrogen-bond donors (Lipinski definition) is 0. The van der Waals surface area contributed by atoms with Crippen LogP contribution in [0, 0.1) is 0 Å². The molecule has 5 nitrogen and oxygen atoms in total. The van der Waals surface area contributed by atoms with Gasteiger partial charge in [-0.05, 0) is 30.7 Å². The molecule has 1 unspecified atom stereocenters. The number of carbonyl (C=O) groups excluding carboxylic acids is 1. The van der Waals surface area contributed by atoms with Crippen LogP contribution in [-0.4, -0.2) is 39.2 Å². The Labute approximate surface area is 193 Å². The van der Waals surface area contributed by atoms with Gasteiger partial charge in [0.1, 0.15) is 4.91 Å². The summed E-state index contributed by atoms with van der Waals surface area (Å²) in [5.74, 6) is -9.00. The molecular weight excluding hydrogens is 483 g/mol. The second-order valence-corrected chi connectivity index (χ2v) is 8.73. The highest BCUT2D eigenvalue weighted by Gasteiger charge is 2.64. The van der Waals surface area contributed by atoms with Gasteiger partial charge in [-0.1, -0.05) is 54.6 Å². The normalized spacial score (nSPS) is 14.4. The van der Waals surface area contributed by atoms with E-state index >= 15 is 0 Å². The molecule has 0 spiro atoms. The van der Waals surface area contributed by atoms with E-state index in [-0.39, 0.29) is 0 Å². The third kappa shape index (κ3) is 6.22. The van der Waals surface area contributed by atoms with E-state index in [0.29, 0.717) is 5.56 Å². The van der Waals surface area contributed by atoms with Crippen LogP contribution in [0.25, 0.3) is 6.08 Å². The Hall–Kier alpha value is -3.21. The number of ether oxygens (including phenoxy) is 2. The molecule has 2 aromatic carbocycles. The van der Waals surface area contributed by atoms with Gasteiger partial charge in [-0.25, -0.2) is 8.42 Å². The van der Waals surface area contributed by atoms with Crippen LogP contribution in [-0.2, 0) is 24.1 Å². The van der Waals surface area contributed by atoms with Gasteiger partial charge in [0.2, 0.25) is 9.84 Å². The van der Waals surface area contributed by atoms with Crippen LogP contribution in [0.3, 0.4) is 0 Å². The lowest BCUT2D eigenvalue weighted by atomic mass is 10.1. The average molecular weight is 504 g/mol. The van der Waals surface area contributed by atoms with Crippen molar-refractivity contribution in [1.82, 2.24) is 0 Å². The standard InChI is InChI=1S/C23H21F5O5S/c1-3-32-21(22(24,25)23(26,27)28)20(34(30,31)18-12-8-5-9-13-18)19(33-16(2)29)15-14-17-10-6-4-7-11-17/h4-15,19H,3H2,1-2H3/b15-14+,21-20-. The van der Waals surface area contributed by atoms with Crippen LogP contribution in [0.5, 0.6) is 0 Å². The second-order valence-electron chi connectivity index (χ2n) is 6.81. The summed E-state index contributed by atoms with van der Waals surface area (Å²) in [5.41, 5.74) is 0.441. The van der Waals surface area contributed by atoms with Crippen molar-refractivity contribution in [3.8, 4) is 0 Å². The summed E-state index contributed by atoms with van der Waals surface area (Å²) in [4.78, 5) is 9.61. The molecule has 2 rings (SSSR count). The number of halogens is 5. The van der Waals surface area contributed by atoms with Crippen LogP contribution in [0.4, 0.5) is 22.0 Å². The van der Waals surface area contributed by atoms with Gasteiger partial charge in [0.05, 0.1) is 11.5 Å². The lowest BCUT2D eigenvalue weighted by molar-refractivity contribution is -0.277. The quantitative estimate of drug-likeness (QED) is 0.254. The lowest BCUT2D eigenvalue weighted by Gasteiger charge is -2.27. The van der Waals surface area contributed by atoms with Crippen molar-refractivity contribution >= 4 is 21.9 Å². The Morgan fingerprint density at radius 1 is 0.971 bits per heavy atom. The van der Waals surface area contributed by atoms with Crippen LogP contribution in [0.15, 0.2) is 82.3 Å². The zero-order valence-corrected chi connectivity index (χ0v) is 18.9. The predicted octanol–water partition coefficient (Wildman–Crippen LogP) is 5.55. The molecule has 0 aromatic heterocycles. The molecule has 11 heteroatoms. The molecule has 0 aliphatic heterocycles. The first-order chi connectivity index (χ1) is 15.8. The van der Waals surface area contributed by atoms with E-state index in [1.807, 2.05) is 0 Å². The van der Waals surface area contributed by atoms with E-state index < -0.39 is 56.2 Å². The first-order valence-corrected chi connectivity index (χ1v) is 11.3. The van der Waals surface area contributed by atoms with Gasteiger partial charge in [-0.3, -0.25) is 4.79 Å². The molecule has 0 saturated heterocycles. The minimum atomic E-state index is -6.20. The number of hydrogen-bond acceptors (Lipinski definition) is 5. The number of carbonyl (C=O) groups is 1. The number of allylic oxidation sites excluding steroid dienone is 1. The minimum Gasteiger partial charge on any atom is -0.491 e. The van der Waals surface area contributed by atoms with Crippen LogP contribution in [0.2, 0.25) is 0 Å². The highest BCUT2D eigenvalue weighted by molar-refractivity contribution is 7.95. The van der Waals surface area contributed by atoms with Crippen LogP contribution < -0.4 is 0 Å². The summed E-state index contributed by atoms with van der Waals surface area (Å²) in [6.45, 7) is 1.25. The molecule has 0 aliphatic rings. The molecular formula is C23H21F5O5S. The zero-order chi connectivity index (χ0) is 25.6. The van der Waals surface area contributed by atoms with Gasteiger partial charge in [0, 0.05) is 6.92 Å². The Morgan fingerprint density at radius 3 is 1.97 bits per heavy atom. The fourth-order valence-corrected chi connectivity index (χ4v) is 4.48. The summed E-state index contributed by atoms with van der Waals surface area (Å²) in [7, 11) is -5.07. The third-order valence-electron chi connectivity index (χ3n) is 4.31. The van der Waals surface area contributed by atoms with Crippen molar-refractivity contribution in [1.29, 1.82) is 0 Å². The van der Waals surface area contributed by atoms with E-state index in [1.54, 1.807) is 30.3 Å². The Bertz CT molecular complexity index is 1140. The summed E-state index contributed by atoms with van der Waals surface area (Å²) in [6, 6.07) is 14.0. The molecule has 0 saturated carbocycles. The van der Waals surface area contributed by atoms with E-state index in [4.69, 9.17) is 4.74 Å². The van der Waals surface area contributed by atoms with Gasteiger partial charge in [-0.2, -0.15) is 22.0 Å². The minimum absolute atomic E-state index is 0.441. The van der Waals surface area contributed by atoms with Crippen molar-refractivity contribution < 1.29 is 44.6 Å². The topological polar surface area (TPSA) is 69.7 Å². The number of sulfone groups is 1. The number of benzene rings is 2. The first kappa shape index (κ1) is 27.0. The molecule has 184 valence electrons. The molecule has 0 fully saturated rings. The predicted molar refractivity (Wildman–Crippen MR) is 114 cm³/mol. The summed E-state index contributed by atoms with van der Waals surface area (Å²) in [5, 5.41) is 0.